The third-order valence-corrected chi connectivity index (χ3v) is 3.46. The summed E-state index contributed by atoms with van der Waals surface area (Å²) in [6.45, 7) is 0.981. The molecule has 1 aliphatic carbocycles. The number of anilines is 1. The van der Waals surface area contributed by atoms with Crippen molar-refractivity contribution in [3.63, 3.8) is 0 Å². The van der Waals surface area contributed by atoms with Crippen LogP contribution in [0, 0.1) is 10.1 Å². The van der Waals surface area contributed by atoms with E-state index in [0.29, 0.717) is 6.04 Å². The molecule has 5 heteroatoms. The second kappa shape index (κ2) is 5.82. The number of aliphatic hydroxyl groups excluding tert-OH is 1. The maximum absolute atomic E-state index is 10.6. The lowest BCUT2D eigenvalue weighted by Gasteiger charge is -2.39. The number of hydrogen-bond acceptors (Lipinski definition) is 4. The summed E-state index contributed by atoms with van der Waals surface area (Å²) in [5.41, 5.74) is 1.13. The van der Waals surface area contributed by atoms with Gasteiger partial charge in [0.25, 0.3) is 5.69 Å². The molecular weight excluding hydrogens is 232 g/mol. The number of aliphatic hydroxyl groups is 1. The number of hydrogen-bond donors (Lipinski definition) is 1. The van der Waals surface area contributed by atoms with Crippen molar-refractivity contribution in [3.8, 4) is 0 Å². The fourth-order valence-corrected chi connectivity index (χ4v) is 2.23. The first-order valence-electron chi connectivity index (χ1n) is 6.34. The molecule has 0 unspecified atom stereocenters. The van der Waals surface area contributed by atoms with Gasteiger partial charge in [-0.3, -0.25) is 10.1 Å². The SMILES string of the molecule is O=[N+]([O-])c1ccc(N(CCCO)C2CCC2)cc1. The van der Waals surface area contributed by atoms with Crippen LogP contribution in [-0.4, -0.2) is 29.2 Å². The van der Waals surface area contributed by atoms with Crippen LogP contribution in [-0.2, 0) is 0 Å². The first kappa shape index (κ1) is 12.8. The fraction of sp³-hybridized carbons (Fsp3) is 0.538. The molecule has 2 rings (SSSR count). The maximum atomic E-state index is 10.6. The van der Waals surface area contributed by atoms with Gasteiger partial charge in [-0.1, -0.05) is 0 Å². The zero-order valence-electron chi connectivity index (χ0n) is 10.3. The quantitative estimate of drug-likeness (QED) is 0.621. The number of rotatable bonds is 6. The highest BCUT2D eigenvalue weighted by molar-refractivity contribution is 5.52. The van der Waals surface area contributed by atoms with Gasteiger partial charge < -0.3 is 10.0 Å². The summed E-state index contributed by atoms with van der Waals surface area (Å²) in [5.74, 6) is 0. The molecule has 0 radical (unpaired) electrons. The Morgan fingerprint density at radius 3 is 2.44 bits per heavy atom. The summed E-state index contributed by atoms with van der Waals surface area (Å²) < 4.78 is 0. The lowest BCUT2D eigenvalue weighted by Crippen LogP contribution is -2.41. The number of nitrogens with zero attached hydrogens (tertiary/aromatic N) is 2. The smallest absolute Gasteiger partial charge is 0.269 e. The molecule has 0 saturated heterocycles. The molecule has 1 saturated carbocycles. The summed E-state index contributed by atoms with van der Waals surface area (Å²) >= 11 is 0. The molecule has 98 valence electrons. The monoisotopic (exact) mass is 250 g/mol. The largest absolute Gasteiger partial charge is 0.396 e. The average molecular weight is 250 g/mol. The van der Waals surface area contributed by atoms with Gasteiger partial charge in [0, 0.05) is 37.0 Å². The van der Waals surface area contributed by atoms with E-state index in [1.54, 1.807) is 24.3 Å². The molecule has 0 amide bonds. The third kappa shape index (κ3) is 2.79. The van der Waals surface area contributed by atoms with Crippen molar-refractivity contribution in [1.29, 1.82) is 0 Å². The maximum Gasteiger partial charge on any atom is 0.269 e. The minimum atomic E-state index is -0.384. The Bertz CT molecular complexity index is 401. The van der Waals surface area contributed by atoms with E-state index in [4.69, 9.17) is 5.11 Å². The van der Waals surface area contributed by atoms with Crippen molar-refractivity contribution in [2.45, 2.75) is 31.7 Å². The Morgan fingerprint density at radius 2 is 2.00 bits per heavy atom. The molecule has 18 heavy (non-hydrogen) atoms. The lowest BCUT2D eigenvalue weighted by molar-refractivity contribution is -0.384. The van der Waals surface area contributed by atoms with Crippen LogP contribution in [0.5, 0.6) is 0 Å². The van der Waals surface area contributed by atoms with Gasteiger partial charge in [0.15, 0.2) is 0 Å². The highest BCUT2D eigenvalue weighted by Gasteiger charge is 2.25. The molecule has 0 aromatic heterocycles. The number of non-ortho nitro benzene ring substituents is 1. The van der Waals surface area contributed by atoms with Gasteiger partial charge in [0.2, 0.25) is 0 Å². The van der Waals surface area contributed by atoms with Gasteiger partial charge >= 0.3 is 0 Å². The Morgan fingerprint density at radius 1 is 1.33 bits per heavy atom. The molecular formula is C13H18N2O3. The Hall–Kier alpha value is -1.62. The van der Waals surface area contributed by atoms with E-state index in [9.17, 15) is 10.1 Å². The molecule has 5 nitrogen and oxygen atoms in total. The van der Waals surface area contributed by atoms with E-state index in [1.165, 1.54) is 19.3 Å². The van der Waals surface area contributed by atoms with E-state index in [2.05, 4.69) is 4.90 Å². The highest BCUT2D eigenvalue weighted by atomic mass is 16.6. The molecule has 1 aromatic rings. The molecule has 0 spiro atoms. The Balaban J connectivity index is 2.11. The topological polar surface area (TPSA) is 66.6 Å². The molecule has 0 heterocycles. The number of nitro benzene ring substituents is 1. The van der Waals surface area contributed by atoms with Gasteiger partial charge in [-0.15, -0.1) is 0 Å². The van der Waals surface area contributed by atoms with Crippen LogP contribution < -0.4 is 4.90 Å². The second-order valence-electron chi connectivity index (χ2n) is 4.63. The molecule has 0 atom stereocenters. The van der Waals surface area contributed by atoms with Crippen molar-refractivity contribution in [2.24, 2.45) is 0 Å². The summed E-state index contributed by atoms with van der Waals surface area (Å²) in [7, 11) is 0. The Labute approximate surface area is 106 Å². The zero-order chi connectivity index (χ0) is 13.0. The molecule has 1 aromatic carbocycles. The highest BCUT2D eigenvalue weighted by Crippen LogP contribution is 2.30. The zero-order valence-corrected chi connectivity index (χ0v) is 10.3. The van der Waals surface area contributed by atoms with E-state index in [1.807, 2.05) is 0 Å². The van der Waals surface area contributed by atoms with Crippen molar-refractivity contribution in [2.75, 3.05) is 18.1 Å². The van der Waals surface area contributed by atoms with Crippen LogP contribution in [0.3, 0.4) is 0 Å². The fourth-order valence-electron chi connectivity index (χ4n) is 2.23. The molecule has 1 aliphatic rings. The van der Waals surface area contributed by atoms with Crippen LogP contribution in [0.2, 0.25) is 0 Å². The van der Waals surface area contributed by atoms with Crippen molar-refractivity contribution >= 4 is 11.4 Å². The summed E-state index contributed by atoms with van der Waals surface area (Å²) in [6, 6.07) is 7.21. The van der Waals surface area contributed by atoms with Crippen LogP contribution in [0.25, 0.3) is 0 Å². The van der Waals surface area contributed by atoms with Gasteiger partial charge in [0.05, 0.1) is 4.92 Å². The summed E-state index contributed by atoms with van der Waals surface area (Å²) in [4.78, 5) is 12.5. The van der Waals surface area contributed by atoms with Crippen LogP contribution in [0.4, 0.5) is 11.4 Å². The average Bonchev–Trinajstić information content (AvgIpc) is 2.32. The predicted octanol–water partition coefficient (Wildman–Crippen LogP) is 2.34. The second-order valence-corrected chi connectivity index (χ2v) is 4.63. The first-order chi connectivity index (χ1) is 8.72. The van der Waals surface area contributed by atoms with Crippen molar-refractivity contribution in [3.05, 3.63) is 34.4 Å². The van der Waals surface area contributed by atoms with Crippen LogP contribution >= 0.6 is 0 Å². The molecule has 1 N–H and O–H groups in total. The minimum absolute atomic E-state index is 0.120. The third-order valence-electron chi connectivity index (χ3n) is 3.46. The van der Waals surface area contributed by atoms with Crippen LogP contribution in [0.1, 0.15) is 25.7 Å². The Kier molecular flexibility index (Phi) is 4.15. The first-order valence-corrected chi connectivity index (χ1v) is 6.34. The van der Waals surface area contributed by atoms with Gasteiger partial charge in [-0.05, 0) is 37.8 Å². The molecule has 0 aliphatic heterocycles. The van der Waals surface area contributed by atoms with E-state index in [0.717, 1.165) is 18.7 Å². The van der Waals surface area contributed by atoms with Gasteiger partial charge in [0.1, 0.15) is 0 Å². The van der Waals surface area contributed by atoms with E-state index < -0.39 is 0 Å². The van der Waals surface area contributed by atoms with Gasteiger partial charge in [-0.2, -0.15) is 0 Å². The summed E-state index contributed by atoms with van der Waals surface area (Å²) in [6.07, 6.45) is 4.31. The minimum Gasteiger partial charge on any atom is -0.396 e. The lowest BCUT2D eigenvalue weighted by atomic mass is 9.91. The summed E-state index contributed by atoms with van der Waals surface area (Å²) in [5, 5.41) is 19.5. The number of nitro groups is 1. The molecule has 0 bridgehead atoms. The van der Waals surface area contributed by atoms with Crippen molar-refractivity contribution in [1.82, 2.24) is 0 Å². The number of benzene rings is 1. The predicted molar refractivity (Wildman–Crippen MR) is 69.8 cm³/mol. The normalized spacial score (nSPS) is 15.2. The van der Waals surface area contributed by atoms with E-state index in [-0.39, 0.29) is 17.2 Å². The van der Waals surface area contributed by atoms with Crippen molar-refractivity contribution < 1.29 is 10.0 Å². The standard InChI is InChI=1S/C13H18N2O3/c16-10-2-9-14(11-3-1-4-11)12-5-7-13(8-6-12)15(17)18/h5-8,11,16H,1-4,9-10H2. The molecule has 1 fully saturated rings. The van der Waals surface area contributed by atoms with Crippen LogP contribution in [0.15, 0.2) is 24.3 Å². The van der Waals surface area contributed by atoms with E-state index >= 15 is 0 Å². The van der Waals surface area contributed by atoms with Gasteiger partial charge in [-0.25, -0.2) is 0 Å².